The Bertz CT molecular complexity index is 487. The summed E-state index contributed by atoms with van der Waals surface area (Å²) in [5.41, 5.74) is 6.59. The van der Waals surface area contributed by atoms with E-state index in [1.54, 1.807) is 18.3 Å². The zero-order chi connectivity index (χ0) is 13.5. The van der Waals surface area contributed by atoms with Crippen LogP contribution in [0.1, 0.15) is 18.0 Å². The summed E-state index contributed by atoms with van der Waals surface area (Å²) < 4.78 is 18.5. The van der Waals surface area contributed by atoms with Gasteiger partial charge >= 0.3 is 0 Å². The van der Waals surface area contributed by atoms with Gasteiger partial charge in [0.1, 0.15) is 11.6 Å². The van der Waals surface area contributed by atoms with Crippen molar-refractivity contribution in [2.24, 2.45) is 5.73 Å². The smallest absolute Gasteiger partial charge is 0.123 e. The zero-order valence-corrected chi connectivity index (χ0v) is 10.6. The van der Waals surface area contributed by atoms with Crippen LogP contribution in [-0.2, 0) is 0 Å². The predicted octanol–water partition coefficient (Wildman–Crippen LogP) is 2.73. The molecule has 1 heterocycles. The summed E-state index contributed by atoms with van der Waals surface area (Å²) in [5, 5.41) is 0. The van der Waals surface area contributed by atoms with E-state index in [0.29, 0.717) is 18.9 Å². The second kappa shape index (κ2) is 6.85. The molecule has 0 bridgehead atoms. The third-order valence-corrected chi connectivity index (χ3v) is 2.89. The van der Waals surface area contributed by atoms with Gasteiger partial charge in [0.2, 0.25) is 0 Å². The molecule has 2 rings (SSSR count). The van der Waals surface area contributed by atoms with Crippen LogP contribution in [0.15, 0.2) is 48.7 Å². The summed E-state index contributed by atoms with van der Waals surface area (Å²) in [6.45, 7) is 1.06. The first-order valence-electron chi connectivity index (χ1n) is 6.29. The van der Waals surface area contributed by atoms with Gasteiger partial charge in [0, 0.05) is 17.8 Å². The van der Waals surface area contributed by atoms with Crippen molar-refractivity contribution in [3.8, 4) is 5.75 Å². The van der Waals surface area contributed by atoms with Gasteiger partial charge in [-0.05, 0) is 49.4 Å². The van der Waals surface area contributed by atoms with E-state index in [1.165, 1.54) is 12.1 Å². The molecule has 0 aliphatic heterocycles. The van der Waals surface area contributed by atoms with E-state index in [4.69, 9.17) is 10.5 Å². The lowest BCUT2D eigenvalue weighted by atomic mass is 10.0. The first-order valence-corrected chi connectivity index (χ1v) is 6.29. The van der Waals surface area contributed by atoms with E-state index in [0.717, 1.165) is 12.1 Å². The minimum atomic E-state index is -0.268. The number of ether oxygens (including phenoxy) is 1. The lowest BCUT2D eigenvalue weighted by Gasteiger charge is -2.16. The molecule has 2 aromatic rings. The number of nitrogens with two attached hydrogens (primary N) is 1. The van der Waals surface area contributed by atoms with Crippen molar-refractivity contribution in [1.29, 1.82) is 0 Å². The Labute approximate surface area is 112 Å². The van der Waals surface area contributed by atoms with Gasteiger partial charge in [-0.25, -0.2) is 4.39 Å². The largest absolute Gasteiger partial charge is 0.493 e. The highest BCUT2D eigenvalue weighted by molar-refractivity contribution is 5.22. The SMILES string of the molecule is NCCC(COc1ccc(F)cc1)c1ccccn1. The highest BCUT2D eigenvalue weighted by Crippen LogP contribution is 2.19. The van der Waals surface area contributed by atoms with Crippen LogP contribution >= 0.6 is 0 Å². The summed E-state index contributed by atoms with van der Waals surface area (Å²) >= 11 is 0. The number of hydrogen-bond donors (Lipinski definition) is 1. The van der Waals surface area contributed by atoms with Crippen molar-refractivity contribution in [2.75, 3.05) is 13.2 Å². The van der Waals surface area contributed by atoms with E-state index in [1.807, 2.05) is 18.2 Å². The van der Waals surface area contributed by atoms with Crippen LogP contribution in [0.5, 0.6) is 5.75 Å². The van der Waals surface area contributed by atoms with Gasteiger partial charge in [-0.3, -0.25) is 4.98 Å². The van der Waals surface area contributed by atoms with Crippen LogP contribution in [-0.4, -0.2) is 18.1 Å². The summed E-state index contributed by atoms with van der Waals surface area (Å²) in [6.07, 6.45) is 2.56. The van der Waals surface area contributed by atoms with Crippen molar-refractivity contribution in [2.45, 2.75) is 12.3 Å². The lowest BCUT2D eigenvalue weighted by Crippen LogP contribution is -2.16. The standard InChI is InChI=1S/C15H17FN2O/c16-13-4-6-14(7-5-13)19-11-12(8-9-17)15-3-1-2-10-18-15/h1-7,10,12H,8-9,11,17H2. The minimum Gasteiger partial charge on any atom is -0.493 e. The summed E-state index contributed by atoms with van der Waals surface area (Å²) in [7, 11) is 0. The Morgan fingerprint density at radius 2 is 1.95 bits per heavy atom. The van der Waals surface area contributed by atoms with Gasteiger partial charge in [-0.2, -0.15) is 0 Å². The minimum absolute atomic E-state index is 0.149. The second-order valence-corrected chi connectivity index (χ2v) is 4.29. The molecule has 0 amide bonds. The molecule has 1 atom stereocenters. The molecule has 0 fully saturated rings. The zero-order valence-electron chi connectivity index (χ0n) is 10.6. The van der Waals surface area contributed by atoms with Crippen LogP contribution in [0.3, 0.4) is 0 Å². The number of halogens is 1. The van der Waals surface area contributed by atoms with Crippen LogP contribution in [0.25, 0.3) is 0 Å². The topological polar surface area (TPSA) is 48.1 Å². The number of pyridine rings is 1. The van der Waals surface area contributed by atoms with Crippen LogP contribution in [0, 0.1) is 5.82 Å². The normalized spacial score (nSPS) is 12.1. The summed E-state index contributed by atoms with van der Waals surface area (Å²) in [5.74, 6) is 0.534. The Kier molecular flexibility index (Phi) is 4.86. The second-order valence-electron chi connectivity index (χ2n) is 4.29. The van der Waals surface area contributed by atoms with Gasteiger partial charge in [0.25, 0.3) is 0 Å². The molecular weight excluding hydrogens is 243 g/mol. The molecule has 0 saturated carbocycles. The first kappa shape index (κ1) is 13.5. The number of benzene rings is 1. The monoisotopic (exact) mass is 260 g/mol. The van der Waals surface area contributed by atoms with Crippen molar-refractivity contribution >= 4 is 0 Å². The molecule has 1 unspecified atom stereocenters. The van der Waals surface area contributed by atoms with Gasteiger partial charge in [0.05, 0.1) is 6.61 Å². The summed E-state index contributed by atoms with van der Waals surface area (Å²) in [6, 6.07) is 11.8. The van der Waals surface area contributed by atoms with Crippen LogP contribution in [0.4, 0.5) is 4.39 Å². The maximum Gasteiger partial charge on any atom is 0.123 e. The molecule has 1 aromatic heterocycles. The fraction of sp³-hybridized carbons (Fsp3) is 0.267. The molecule has 0 saturated heterocycles. The molecule has 1 aromatic carbocycles. The number of aromatic nitrogens is 1. The average molecular weight is 260 g/mol. The molecule has 2 N–H and O–H groups in total. The van der Waals surface area contributed by atoms with Gasteiger partial charge in [0.15, 0.2) is 0 Å². The molecule has 100 valence electrons. The fourth-order valence-corrected chi connectivity index (χ4v) is 1.86. The highest BCUT2D eigenvalue weighted by atomic mass is 19.1. The van der Waals surface area contributed by atoms with Crippen LogP contribution in [0.2, 0.25) is 0 Å². The summed E-state index contributed by atoms with van der Waals surface area (Å²) in [4.78, 5) is 4.33. The molecule has 0 aliphatic carbocycles. The van der Waals surface area contributed by atoms with E-state index in [9.17, 15) is 4.39 Å². The van der Waals surface area contributed by atoms with E-state index in [-0.39, 0.29) is 11.7 Å². The van der Waals surface area contributed by atoms with E-state index >= 15 is 0 Å². The molecular formula is C15H17FN2O. The molecule has 0 aliphatic rings. The first-order chi connectivity index (χ1) is 9.29. The molecule has 19 heavy (non-hydrogen) atoms. The van der Waals surface area contributed by atoms with Crippen molar-refractivity contribution in [3.05, 3.63) is 60.2 Å². The fourth-order valence-electron chi connectivity index (χ4n) is 1.86. The third kappa shape index (κ3) is 4.03. The van der Waals surface area contributed by atoms with Gasteiger partial charge in [-0.1, -0.05) is 6.07 Å². The molecule has 3 nitrogen and oxygen atoms in total. The predicted molar refractivity (Wildman–Crippen MR) is 72.5 cm³/mol. The van der Waals surface area contributed by atoms with Crippen molar-refractivity contribution in [1.82, 2.24) is 4.98 Å². The Morgan fingerprint density at radius 3 is 2.58 bits per heavy atom. The maximum absolute atomic E-state index is 12.8. The quantitative estimate of drug-likeness (QED) is 0.868. The third-order valence-electron chi connectivity index (χ3n) is 2.89. The Morgan fingerprint density at radius 1 is 1.16 bits per heavy atom. The van der Waals surface area contributed by atoms with Crippen LogP contribution < -0.4 is 10.5 Å². The van der Waals surface area contributed by atoms with Crippen molar-refractivity contribution in [3.63, 3.8) is 0 Å². The maximum atomic E-state index is 12.8. The Balaban J connectivity index is 1.99. The Hall–Kier alpha value is -1.94. The number of rotatable bonds is 6. The average Bonchev–Trinajstić information content (AvgIpc) is 2.46. The molecule has 4 heteroatoms. The van der Waals surface area contributed by atoms with E-state index < -0.39 is 0 Å². The number of hydrogen-bond acceptors (Lipinski definition) is 3. The highest BCUT2D eigenvalue weighted by Gasteiger charge is 2.12. The van der Waals surface area contributed by atoms with Gasteiger partial charge in [-0.15, -0.1) is 0 Å². The van der Waals surface area contributed by atoms with E-state index in [2.05, 4.69) is 4.98 Å². The molecule has 0 spiro atoms. The van der Waals surface area contributed by atoms with Crippen molar-refractivity contribution < 1.29 is 9.13 Å². The number of nitrogens with zero attached hydrogens (tertiary/aromatic N) is 1. The lowest BCUT2D eigenvalue weighted by molar-refractivity contribution is 0.280. The molecule has 0 radical (unpaired) electrons. The van der Waals surface area contributed by atoms with Gasteiger partial charge < -0.3 is 10.5 Å².